The Morgan fingerprint density at radius 2 is 2.07 bits per heavy atom. The quantitative estimate of drug-likeness (QED) is 0.697. The first-order chi connectivity index (χ1) is 7.22. The highest BCUT2D eigenvalue weighted by molar-refractivity contribution is 5.74. The average Bonchev–Trinajstić information content (AvgIpc) is 2.21. The molecule has 0 saturated heterocycles. The van der Waals surface area contributed by atoms with Gasteiger partial charge in [-0.3, -0.25) is 0 Å². The molecule has 0 bridgehead atoms. The maximum Gasteiger partial charge on any atom is 0.318 e. The lowest BCUT2D eigenvalue weighted by molar-refractivity contribution is 0.244. The smallest absolute Gasteiger partial charge is 0.318 e. The molecule has 3 N–H and O–H groups in total. The van der Waals surface area contributed by atoms with Crippen molar-refractivity contribution in [2.45, 2.75) is 6.42 Å². The molecule has 0 saturated carbocycles. The second-order valence-electron chi connectivity index (χ2n) is 3.02. The number of phenolic OH excluding ortho intramolecular Hbond substituents is 1. The van der Waals surface area contributed by atoms with Gasteiger partial charge in [-0.05, 0) is 30.3 Å². The number of amides is 2. The number of hydrogen-bond acceptors (Lipinski definition) is 2. The number of urea groups is 1. The average molecular weight is 206 g/mol. The number of nitrogens with one attached hydrogen (secondary N) is 2. The minimum Gasteiger partial charge on any atom is -0.508 e. The summed E-state index contributed by atoms with van der Waals surface area (Å²) >= 11 is 0. The molecule has 0 fully saturated rings. The van der Waals surface area contributed by atoms with Crippen LogP contribution in [0.5, 0.6) is 5.75 Å². The van der Waals surface area contributed by atoms with E-state index in [2.05, 4.69) is 17.2 Å². The normalized spacial score (nSPS) is 9.33. The van der Waals surface area contributed by atoms with E-state index in [9.17, 15) is 4.79 Å². The monoisotopic (exact) mass is 206 g/mol. The predicted molar refractivity (Wildman–Crippen MR) is 58.5 cm³/mol. The van der Waals surface area contributed by atoms with Gasteiger partial charge in [0.2, 0.25) is 0 Å². The first-order valence-corrected chi connectivity index (χ1v) is 4.65. The lowest BCUT2D eigenvalue weighted by atomic mass is 10.1. The molecule has 1 aromatic rings. The summed E-state index contributed by atoms with van der Waals surface area (Å²) in [5.41, 5.74) is 1.06. The molecule has 4 heteroatoms. The molecule has 0 heterocycles. The van der Waals surface area contributed by atoms with Crippen LogP contribution in [-0.2, 0) is 6.42 Å². The molecule has 80 valence electrons. The van der Waals surface area contributed by atoms with Crippen molar-refractivity contribution >= 4 is 6.03 Å². The topological polar surface area (TPSA) is 61.4 Å². The van der Waals surface area contributed by atoms with Gasteiger partial charge >= 0.3 is 6.03 Å². The van der Waals surface area contributed by atoms with Crippen molar-refractivity contribution in [3.8, 4) is 5.75 Å². The Bertz CT molecular complexity index is 333. The summed E-state index contributed by atoms with van der Waals surface area (Å²) in [6.45, 7) is 3.92. The summed E-state index contributed by atoms with van der Waals surface area (Å²) in [5, 5.41) is 14.1. The molecule has 0 aromatic heterocycles. The zero-order valence-corrected chi connectivity index (χ0v) is 8.36. The fraction of sp³-hybridized carbons (Fsp3) is 0.182. The Kier molecular flexibility index (Phi) is 4.22. The van der Waals surface area contributed by atoms with Crippen LogP contribution in [0.2, 0.25) is 0 Å². The summed E-state index contributed by atoms with van der Waals surface area (Å²) in [6.07, 6.45) is 2.06. The SMILES string of the molecule is C=CNC(=O)NCCc1ccc(O)cc1. The molecule has 0 unspecified atom stereocenters. The summed E-state index contributed by atoms with van der Waals surface area (Å²) in [7, 11) is 0. The van der Waals surface area contributed by atoms with E-state index in [1.165, 1.54) is 6.20 Å². The van der Waals surface area contributed by atoms with Gasteiger partial charge in [0.05, 0.1) is 0 Å². The summed E-state index contributed by atoms with van der Waals surface area (Å²) in [5.74, 6) is 0.246. The van der Waals surface area contributed by atoms with E-state index in [1.54, 1.807) is 12.1 Å². The molecule has 1 rings (SSSR count). The van der Waals surface area contributed by atoms with E-state index in [4.69, 9.17) is 5.11 Å². The fourth-order valence-corrected chi connectivity index (χ4v) is 1.13. The van der Waals surface area contributed by atoms with Crippen LogP contribution in [-0.4, -0.2) is 17.7 Å². The van der Waals surface area contributed by atoms with Crippen LogP contribution in [0.1, 0.15) is 5.56 Å². The van der Waals surface area contributed by atoms with Crippen molar-refractivity contribution in [3.05, 3.63) is 42.6 Å². The Morgan fingerprint density at radius 3 is 2.67 bits per heavy atom. The van der Waals surface area contributed by atoms with E-state index in [1.807, 2.05) is 12.1 Å². The van der Waals surface area contributed by atoms with Gasteiger partial charge in [-0.15, -0.1) is 0 Å². The molecule has 15 heavy (non-hydrogen) atoms. The van der Waals surface area contributed by atoms with Crippen molar-refractivity contribution < 1.29 is 9.90 Å². The Labute approximate surface area is 88.6 Å². The Balaban J connectivity index is 2.28. The van der Waals surface area contributed by atoms with E-state index in [0.29, 0.717) is 6.54 Å². The van der Waals surface area contributed by atoms with Gasteiger partial charge < -0.3 is 15.7 Å². The predicted octanol–water partition coefficient (Wildman–Crippen LogP) is 1.38. The standard InChI is InChI=1S/C11H14N2O2/c1-2-12-11(15)13-8-7-9-3-5-10(14)6-4-9/h2-6,14H,1,7-8H2,(H2,12,13,15). The molecule has 0 spiro atoms. The molecule has 0 aliphatic rings. The second kappa shape index (κ2) is 5.70. The Hall–Kier alpha value is -1.97. The fourth-order valence-electron chi connectivity index (χ4n) is 1.13. The van der Waals surface area contributed by atoms with Crippen LogP contribution in [0, 0.1) is 0 Å². The van der Waals surface area contributed by atoms with Crippen LogP contribution in [0.15, 0.2) is 37.0 Å². The number of benzene rings is 1. The van der Waals surface area contributed by atoms with Gasteiger partial charge in [-0.1, -0.05) is 18.7 Å². The van der Waals surface area contributed by atoms with Crippen LogP contribution in [0.25, 0.3) is 0 Å². The van der Waals surface area contributed by atoms with E-state index in [-0.39, 0.29) is 11.8 Å². The maximum atomic E-state index is 11.0. The van der Waals surface area contributed by atoms with Gasteiger partial charge in [0, 0.05) is 6.54 Å². The minimum atomic E-state index is -0.260. The second-order valence-corrected chi connectivity index (χ2v) is 3.02. The van der Waals surface area contributed by atoms with Crippen molar-refractivity contribution in [2.24, 2.45) is 0 Å². The van der Waals surface area contributed by atoms with Crippen molar-refractivity contribution in [3.63, 3.8) is 0 Å². The maximum absolute atomic E-state index is 11.0. The van der Waals surface area contributed by atoms with Gasteiger partial charge in [-0.2, -0.15) is 0 Å². The third-order valence-corrected chi connectivity index (χ3v) is 1.87. The van der Waals surface area contributed by atoms with Crippen molar-refractivity contribution in [2.75, 3.05) is 6.54 Å². The molecule has 0 aliphatic heterocycles. The third-order valence-electron chi connectivity index (χ3n) is 1.87. The lowest BCUT2D eigenvalue weighted by Crippen LogP contribution is -2.33. The molecule has 4 nitrogen and oxygen atoms in total. The number of hydrogen-bond donors (Lipinski definition) is 3. The Morgan fingerprint density at radius 1 is 1.40 bits per heavy atom. The molecular weight excluding hydrogens is 192 g/mol. The van der Waals surface area contributed by atoms with Crippen molar-refractivity contribution in [1.82, 2.24) is 10.6 Å². The van der Waals surface area contributed by atoms with E-state index >= 15 is 0 Å². The van der Waals surface area contributed by atoms with Gasteiger partial charge in [0.25, 0.3) is 0 Å². The number of aromatic hydroxyl groups is 1. The highest BCUT2D eigenvalue weighted by atomic mass is 16.3. The first kappa shape index (κ1) is 11.1. The summed E-state index contributed by atoms with van der Waals surface area (Å²) < 4.78 is 0. The van der Waals surface area contributed by atoms with Crippen LogP contribution >= 0.6 is 0 Å². The number of carbonyl (C=O) groups is 1. The summed E-state index contributed by atoms with van der Waals surface area (Å²) in [4.78, 5) is 11.0. The van der Waals surface area contributed by atoms with Gasteiger partial charge in [0.1, 0.15) is 5.75 Å². The van der Waals surface area contributed by atoms with E-state index in [0.717, 1.165) is 12.0 Å². The van der Waals surface area contributed by atoms with Crippen LogP contribution in [0.3, 0.4) is 0 Å². The molecule has 0 radical (unpaired) electrons. The molecule has 1 aromatic carbocycles. The van der Waals surface area contributed by atoms with E-state index < -0.39 is 0 Å². The highest BCUT2D eigenvalue weighted by Crippen LogP contribution is 2.09. The zero-order valence-electron chi connectivity index (χ0n) is 8.36. The highest BCUT2D eigenvalue weighted by Gasteiger charge is 1.97. The largest absolute Gasteiger partial charge is 0.508 e. The van der Waals surface area contributed by atoms with Crippen LogP contribution < -0.4 is 10.6 Å². The number of phenols is 1. The molecule has 0 atom stereocenters. The zero-order chi connectivity index (χ0) is 11.1. The molecule has 0 aliphatic carbocycles. The number of carbonyl (C=O) groups excluding carboxylic acids is 1. The van der Waals surface area contributed by atoms with Gasteiger partial charge in [0.15, 0.2) is 0 Å². The third kappa shape index (κ3) is 4.17. The van der Waals surface area contributed by atoms with Gasteiger partial charge in [-0.25, -0.2) is 4.79 Å². The summed E-state index contributed by atoms with van der Waals surface area (Å²) in [6, 6.07) is 6.63. The van der Waals surface area contributed by atoms with Crippen molar-refractivity contribution in [1.29, 1.82) is 0 Å². The molecule has 2 amide bonds. The first-order valence-electron chi connectivity index (χ1n) is 4.65. The minimum absolute atomic E-state index is 0.246. The lowest BCUT2D eigenvalue weighted by Gasteiger charge is -2.04. The number of rotatable bonds is 4. The molecular formula is C11H14N2O2. The van der Waals surface area contributed by atoms with Crippen LogP contribution in [0.4, 0.5) is 4.79 Å².